The highest BCUT2D eigenvalue weighted by molar-refractivity contribution is 7.99. The Hall–Kier alpha value is -5.09. The molecule has 2 saturated heterocycles. The Balaban J connectivity index is 1.01. The SMILES string of the molecule is CC1(C)CCC(CN2CCN(c3ccc(C(=O)NS(=O)(=O)c4ccc(NC5CCSCC5)c([N+](=O)[O-])c4)c(Oc4cnc5[nH]ccc5c4)c3)CC2)=C(c2ccc(Cl)cc2)C1. The summed E-state index contributed by atoms with van der Waals surface area (Å²) in [5.74, 6) is 1.43. The number of H-pyrrole nitrogens is 1. The summed E-state index contributed by atoms with van der Waals surface area (Å²) in [6, 6.07) is 20.6. The second-order valence-corrected chi connectivity index (χ2v) is 19.8. The average molecular weight is 870 g/mol. The van der Waals surface area contributed by atoms with Crippen LogP contribution in [-0.2, 0) is 10.0 Å². The molecular formula is C44H48ClN7O6S2. The van der Waals surface area contributed by atoms with E-state index < -0.39 is 25.7 Å². The van der Waals surface area contributed by atoms with Gasteiger partial charge in [0.25, 0.3) is 21.6 Å². The molecule has 0 atom stereocenters. The first-order chi connectivity index (χ1) is 28.8. The summed E-state index contributed by atoms with van der Waals surface area (Å²) < 4.78 is 35.8. The standard InChI is InChI=1S/C44H48ClN7O6S2/c1-44(2)15-11-31(38(26-44)29-3-5-32(45)6-4-29)28-50-17-19-51(20-18-50)34-7-9-37(41(24-34)58-35-23-30-12-16-46-42(30)47-27-35)43(53)49-60(56,57)36-8-10-39(40(25-36)52(54)55)48-33-13-21-59-22-14-33/h3-10,12,16,23-25,27,33,48H,11,13-15,17-22,26,28H2,1-2H3,(H,46,47)(H,49,53). The molecule has 0 bridgehead atoms. The van der Waals surface area contributed by atoms with Crippen LogP contribution >= 0.6 is 23.4 Å². The normalized spacial score (nSPS) is 17.8. The predicted octanol–water partition coefficient (Wildman–Crippen LogP) is 9.13. The van der Waals surface area contributed by atoms with E-state index in [4.69, 9.17) is 16.3 Å². The van der Waals surface area contributed by atoms with Gasteiger partial charge in [-0.3, -0.25) is 19.8 Å². The highest BCUT2D eigenvalue weighted by atomic mass is 35.5. The summed E-state index contributed by atoms with van der Waals surface area (Å²) in [6.07, 6.45) is 8.18. The van der Waals surface area contributed by atoms with Gasteiger partial charge in [-0.2, -0.15) is 11.8 Å². The van der Waals surface area contributed by atoms with E-state index in [1.807, 2.05) is 30.0 Å². The average Bonchev–Trinajstić information content (AvgIpc) is 3.70. The number of nitro groups is 1. The van der Waals surface area contributed by atoms with E-state index in [-0.39, 0.29) is 34.1 Å². The van der Waals surface area contributed by atoms with Gasteiger partial charge in [0.15, 0.2) is 0 Å². The molecule has 1 aliphatic carbocycles. The molecule has 8 rings (SSSR count). The van der Waals surface area contributed by atoms with Crippen molar-refractivity contribution < 1.29 is 22.9 Å². The molecule has 0 unspecified atom stereocenters. The summed E-state index contributed by atoms with van der Waals surface area (Å²) in [7, 11) is -4.54. The Morgan fingerprint density at radius 3 is 2.55 bits per heavy atom. The highest BCUT2D eigenvalue weighted by Crippen LogP contribution is 2.43. The van der Waals surface area contributed by atoms with Crippen LogP contribution in [0.2, 0.25) is 5.02 Å². The van der Waals surface area contributed by atoms with Gasteiger partial charge in [0.05, 0.1) is 21.6 Å². The number of aromatic nitrogens is 2. The second kappa shape index (κ2) is 17.5. The molecule has 4 heterocycles. The predicted molar refractivity (Wildman–Crippen MR) is 239 cm³/mol. The topological polar surface area (TPSA) is 163 Å². The van der Waals surface area contributed by atoms with E-state index in [1.54, 1.807) is 30.5 Å². The minimum absolute atomic E-state index is 0.0278. The van der Waals surface area contributed by atoms with Gasteiger partial charge in [0.2, 0.25) is 0 Å². The van der Waals surface area contributed by atoms with Crippen LogP contribution < -0.4 is 19.7 Å². The number of rotatable bonds is 12. The van der Waals surface area contributed by atoms with E-state index in [1.165, 1.54) is 35.0 Å². The van der Waals surface area contributed by atoms with Crippen molar-refractivity contribution in [2.45, 2.75) is 56.9 Å². The fourth-order valence-corrected chi connectivity index (χ4v) is 10.4. The quantitative estimate of drug-likeness (QED) is 0.0810. The number of hydrogen-bond acceptors (Lipinski definition) is 11. The summed E-state index contributed by atoms with van der Waals surface area (Å²) in [5.41, 5.74) is 5.65. The van der Waals surface area contributed by atoms with Crippen molar-refractivity contribution in [2.24, 2.45) is 5.41 Å². The van der Waals surface area contributed by atoms with Crippen molar-refractivity contribution in [3.8, 4) is 11.5 Å². The summed E-state index contributed by atoms with van der Waals surface area (Å²) >= 11 is 8.07. The number of carbonyl (C=O) groups is 1. The van der Waals surface area contributed by atoms with Gasteiger partial charge in [-0.25, -0.2) is 18.1 Å². The van der Waals surface area contributed by atoms with Crippen molar-refractivity contribution in [1.29, 1.82) is 0 Å². The van der Waals surface area contributed by atoms with Crippen LogP contribution in [0.4, 0.5) is 17.1 Å². The number of hydrogen-bond donors (Lipinski definition) is 3. The molecule has 60 heavy (non-hydrogen) atoms. The molecule has 0 spiro atoms. The van der Waals surface area contributed by atoms with Crippen molar-refractivity contribution in [2.75, 3.05) is 54.4 Å². The molecule has 314 valence electrons. The van der Waals surface area contributed by atoms with Crippen LogP contribution in [0.15, 0.2) is 95.7 Å². The van der Waals surface area contributed by atoms with Crippen molar-refractivity contribution in [3.05, 3.63) is 117 Å². The van der Waals surface area contributed by atoms with E-state index >= 15 is 0 Å². The van der Waals surface area contributed by atoms with Crippen LogP contribution in [0, 0.1) is 15.5 Å². The van der Waals surface area contributed by atoms with E-state index in [0.717, 1.165) is 98.5 Å². The Morgan fingerprint density at radius 2 is 1.80 bits per heavy atom. The first-order valence-corrected chi connectivity index (χ1v) is 23.2. The maximum absolute atomic E-state index is 13.9. The summed E-state index contributed by atoms with van der Waals surface area (Å²) in [6.45, 7) is 8.67. The van der Waals surface area contributed by atoms with Gasteiger partial charge in [0.1, 0.15) is 22.8 Å². The Labute approximate surface area is 359 Å². The number of aromatic amines is 1. The number of nitrogens with one attached hydrogen (secondary N) is 3. The Kier molecular flexibility index (Phi) is 12.1. The number of fused-ring (bicyclic) bond motifs is 1. The number of sulfonamides is 1. The molecule has 2 fully saturated rings. The molecule has 13 nitrogen and oxygen atoms in total. The molecule has 5 aromatic rings. The minimum atomic E-state index is -4.54. The molecule has 2 aliphatic heterocycles. The number of benzene rings is 3. The number of nitro benzene ring substituents is 1. The van der Waals surface area contributed by atoms with Gasteiger partial charge in [-0.1, -0.05) is 43.2 Å². The number of halogens is 1. The molecule has 2 aromatic heterocycles. The van der Waals surface area contributed by atoms with E-state index in [9.17, 15) is 23.3 Å². The van der Waals surface area contributed by atoms with Crippen LogP contribution in [-0.4, -0.2) is 84.4 Å². The lowest BCUT2D eigenvalue weighted by Gasteiger charge is -2.39. The lowest BCUT2D eigenvalue weighted by Crippen LogP contribution is -2.47. The first kappa shape index (κ1) is 41.6. The van der Waals surface area contributed by atoms with Crippen LogP contribution in [0.5, 0.6) is 11.5 Å². The Morgan fingerprint density at radius 1 is 1.03 bits per heavy atom. The van der Waals surface area contributed by atoms with Crippen LogP contribution in [0.25, 0.3) is 16.6 Å². The number of anilines is 2. The number of piperazine rings is 1. The summed E-state index contributed by atoms with van der Waals surface area (Å²) in [5, 5.41) is 16.8. The van der Waals surface area contributed by atoms with Crippen LogP contribution in [0.3, 0.4) is 0 Å². The first-order valence-electron chi connectivity index (χ1n) is 20.2. The molecule has 0 radical (unpaired) electrons. The number of thioether (sulfide) groups is 1. The molecule has 0 saturated carbocycles. The van der Waals surface area contributed by atoms with E-state index in [0.29, 0.717) is 11.4 Å². The maximum atomic E-state index is 13.9. The van der Waals surface area contributed by atoms with Crippen molar-refractivity contribution >= 4 is 73.0 Å². The zero-order valence-corrected chi connectivity index (χ0v) is 36.0. The highest BCUT2D eigenvalue weighted by Gasteiger charge is 2.31. The smallest absolute Gasteiger partial charge is 0.293 e. The van der Waals surface area contributed by atoms with E-state index in [2.05, 4.69) is 55.8 Å². The van der Waals surface area contributed by atoms with Gasteiger partial charge >= 0.3 is 0 Å². The largest absolute Gasteiger partial charge is 0.455 e. The zero-order chi connectivity index (χ0) is 42.0. The Bertz CT molecular complexity index is 2550. The lowest BCUT2D eigenvalue weighted by atomic mass is 9.72. The number of amides is 1. The van der Waals surface area contributed by atoms with Gasteiger partial charge in [-0.05, 0) is 109 Å². The number of allylic oxidation sites excluding steroid dienone is 1. The number of carbonyl (C=O) groups excluding carboxylic acids is 1. The van der Waals surface area contributed by atoms with Gasteiger partial charge in [0, 0.05) is 73.2 Å². The molecule has 1 amide bonds. The molecule has 3 N–H and O–H groups in total. The van der Waals surface area contributed by atoms with Crippen LogP contribution in [0.1, 0.15) is 61.9 Å². The minimum Gasteiger partial charge on any atom is -0.455 e. The molecule has 16 heteroatoms. The second-order valence-electron chi connectivity index (χ2n) is 16.5. The summed E-state index contributed by atoms with van der Waals surface area (Å²) in [4.78, 5) is 37.1. The van der Waals surface area contributed by atoms with Gasteiger partial charge < -0.3 is 19.9 Å². The molecule has 3 aromatic carbocycles. The molecule has 3 aliphatic rings. The number of ether oxygens (including phenoxy) is 1. The lowest BCUT2D eigenvalue weighted by molar-refractivity contribution is -0.384. The monoisotopic (exact) mass is 869 g/mol. The third kappa shape index (κ3) is 9.59. The maximum Gasteiger partial charge on any atom is 0.293 e. The van der Waals surface area contributed by atoms with Gasteiger partial charge in [-0.15, -0.1) is 0 Å². The number of nitrogens with zero attached hydrogens (tertiary/aromatic N) is 4. The third-order valence-electron chi connectivity index (χ3n) is 11.6. The molecular weight excluding hydrogens is 822 g/mol. The van der Waals surface area contributed by atoms with Crippen molar-refractivity contribution in [3.63, 3.8) is 0 Å². The zero-order valence-electron chi connectivity index (χ0n) is 33.6. The number of pyridine rings is 1. The fourth-order valence-electron chi connectivity index (χ4n) is 8.23. The van der Waals surface area contributed by atoms with Crippen molar-refractivity contribution in [1.82, 2.24) is 19.6 Å². The fraction of sp³-hybridized carbons (Fsp3) is 0.364. The third-order valence-corrected chi connectivity index (χ3v) is 14.3.